The van der Waals surface area contributed by atoms with Crippen molar-refractivity contribution in [1.82, 2.24) is 19.4 Å². The molecular weight excluding hydrogens is 288 g/mol. The van der Waals surface area contributed by atoms with Crippen molar-refractivity contribution in [1.29, 1.82) is 0 Å². The number of fused-ring (bicyclic) bond motifs is 2. The number of rotatable bonds is 3. The Kier molecular flexibility index (Phi) is 3.57. The highest BCUT2D eigenvalue weighted by Gasteiger charge is 2.32. The molecular formula is C15H19ClN4O. The zero-order valence-corrected chi connectivity index (χ0v) is 12.7. The van der Waals surface area contributed by atoms with E-state index in [1.165, 1.54) is 19.4 Å². The van der Waals surface area contributed by atoms with Gasteiger partial charge in [-0.15, -0.1) is 11.6 Å². The van der Waals surface area contributed by atoms with Gasteiger partial charge >= 0.3 is 0 Å². The molecule has 4 rings (SSSR count). The maximum absolute atomic E-state index is 6.05. The predicted octanol–water partition coefficient (Wildman–Crippen LogP) is 2.03. The zero-order valence-electron chi connectivity index (χ0n) is 11.9. The van der Waals surface area contributed by atoms with Crippen LogP contribution in [0.4, 0.5) is 0 Å². The maximum Gasteiger partial charge on any atom is 0.160 e. The number of ether oxygens (including phenoxy) is 1. The molecule has 0 amide bonds. The highest BCUT2D eigenvalue weighted by Crippen LogP contribution is 2.24. The topological polar surface area (TPSA) is 43.2 Å². The summed E-state index contributed by atoms with van der Waals surface area (Å²) in [4.78, 5) is 11.6. The van der Waals surface area contributed by atoms with Crippen LogP contribution in [0.15, 0.2) is 18.3 Å². The van der Waals surface area contributed by atoms with E-state index in [9.17, 15) is 0 Å². The molecule has 0 aromatic carbocycles. The van der Waals surface area contributed by atoms with Gasteiger partial charge in [-0.05, 0) is 31.5 Å². The van der Waals surface area contributed by atoms with E-state index in [4.69, 9.17) is 16.3 Å². The molecule has 0 radical (unpaired) electrons. The molecule has 0 saturated carbocycles. The minimum Gasteiger partial charge on any atom is -0.373 e. The number of nitrogens with zero attached hydrogens (tertiary/aromatic N) is 4. The summed E-state index contributed by atoms with van der Waals surface area (Å²) in [5, 5.41) is 0. The van der Waals surface area contributed by atoms with E-state index in [0.717, 1.165) is 36.7 Å². The maximum atomic E-state index is 6.05. The SMILES string of the molecule is ClCc1nc2cccnc2n1CC1CN2CCCC2CO1. The fourth-order valence-electron chi connectivity index (χ4n) is 3.50. The fraction of sp³-hybridized carbons (Fsp3) is 0.600. The first kappa shape index (κ1) is 13.5. The van der Waals surface area contributed by atoms with Crippen molar-refractivity contribution in [3.8, 4) is 0 Å². The van der Waals surface area contributed by atoms with Gasteiger partial charge in [0.1, 0.15) is 11.3 Å². The van der Waals surface area contributed by atoms with Crippen LogP contribution in [0.5, 0.6) is 0 Å². The lowest BCUT2D eigenvalue weighted by atomic mass is 10.2. The van der Waals surface area contributed by atoms with Crippen molar-refractivity contribution in [2.24, 2.45) is 0 Å². The third-order valence-corrected chi connectivity index (χ3v) is 4.79. The molecule has 2 aliphatic heterocycles. The first-order chi connectivity index (χ1) is 10.3. The Labute approximate surface area is 128 Å². The molecule has 0 spiro atoms. The van der Waals surface area contributed by atoms with E-state index < -0.39 is 0 Å². The molecule has 0 bridgehead atoms. The summed E-state index contributed by atoms with van der Waals surface area (Å²) in [7, 11) is 0. The summed E-state index contributed by atoms with van der Waals surface area (Å²) < 4.78 is 8.17. The zero-order chi connectivity index (χ0) is 14.2. The van der Waals surface area contributed by atoms with Crippen LogP contribution in [0.1, 0.15) is 18.7 Å². The minimum atomic E-state index is 0.195. The quantitative estimate of drug-likeness (QED) is 0.814. The standard InChI is InChI=1S/C15H19ClN4O/c16-7-14-18-13-4-1-5-17-15(13)20(14)9-12-8-19-6-2-3-11(19)10-21-12/h1,4-5,11-12H,2-3,6-10H2. The smallest absolute Gasteiger partial charge is 0.160 e. The molecule has 6 heteroatoms. The molecule has 2 aliphatic rings. The Hall–Kier alpha value is -1.17. The number of alkyl halides is 1. The number of aromatic nitrogens is 3. The third-order valence-electron chi connectivity index (χ3n) is 4.55. The van der Waals surface area contributed by atoms with Gasteiger partial charge in [0, 0.05) is 18.8 Å². The van der Waals surface area contributed by atoms with Gasteiger partial charge in [-0.2, -0.15) is 0 Å². The van der Waals surface area contributed by atoms with Gasteiger partial charge in [0.2, 0.25) is 0 Å². The number of hydrogen-bond donors (Lipinski definition) is 0. The lowest BCUT2D eigenvalue weighted by molar-refractivity contribution is -0.0550. The lowest BCUT2D eigenvalue weighted by Crippen LogP contribution is -2.47. The molecule has 2 atom stereocenters. The number of pyridine rings is 1. The van der Waals surface area contributed by atoms with Gasteiger partial charge in [0.05, 0.1) is 25.1 Å². The summed E-state index contributed by atoms with van der Waals surface area (Å²) in [5.74, 6) is 1.27. The van der Waals surface area contributed by atoms with Crippen LogP contribution >= 0.6 is 11.6 Å². The van der Waals surface area contributed by atoms with Crippen LogP contribution in [0.3, 0.4) is 0 Å². The Morgan fingerprint density at radius 1 is 1.43 bits per heavy atom. The minimum absolute atomic E-state index is 0.195. The summed E-state index contributed by atoms with van der Waals surface area (Å²) in [5.41, 5.74) is 1.81. The van der Waals surface area contributed by atoms with E-state index in [2.05, 4.69) is 19.4 Å². The van der Waals surface area contributed by atoms with Crippen molar-refractivity contribution < 1.29 is 4.74 Å². The van der Waals surface area contributed by atoms with Crippen LogP contribution in [0, 0.1) is 0 Å². The predicted molar refractivity (Wildman–Crippen MR) is 81.4 cm³/mol. The second kappa shape index (κ2) is 5.55. The van der Waals surface area contributed by atoms with Crippen LogP contribution in [-0.4, -0.2) is 51.3 Å². The van der Waals surface area contributed by atoms with Gasteiger partial charge < -0.3 is 9.30 Å². The molecule has 0 aliphatic carbocycles. The average molecular weight is 307 g/mol. The third kappa shape index (κ3) is 2.43. The normalized spacial score (nSPS) is 26.3. The van der Waals surface area contributed by atoms with Crippen molar-refractivity contribution in [3.05, 3.63) is 24.2 Å². The fourth-order valence-corrected chi connectivity index (χ4v) is 3.70. The molecule has 2 aromatic rings. The second-order valence-corrected chi connectivity index (χ2v) is 6.13. The van der Waals surface area contributed by atoms with Gasteiger partial charge in [-0.3, -0.25) is 4.90 Å². The molecule has 2 unspecified atom stereocenters. The molecule has 0 N–H and O–H groups in total. The first-order valence-corrected chi connectivity index (χ1v) is 8.10. The number of hydrogen-bond acceptors (Lipinski definition) is 4. The largest absolute Gasteiger partial charge is 0.373 e. The van der Waals surface area contributed by atoms with Gasteiger partial charge in [-0.25, -0.2) is 9.97 Å². The van der Waals surface area contributed by atoms with Crippen LogP contribution in [-0.2, 0) is 17.2 Å². The second-order valence-electron chi connectivity index (χ2n) is 5.86. The molecule has 4 heterocycles. The summed E-state index contributed by atoms with van der Waals surface area (Å²) >= 11 is 6.05. The Morgan fingerprint density at radius 2 is 2.38 bits per heavy atom. The molecule has 2 aromatic heterocycles. The van der Waals surface area contributed by atoms with Gasteiger partial charge in [0.15, 0.2) is 5.65 Å². The summed E-state index contributed by atoms with van der Waals surface area (Å²) in [6, 6.07) is 4.52. The van der Waals surface area contributed by atoms with Crippen molar-refractivity contribution in [3.63, 3.8) is 0 Å². The highest BCUT2D eigenvalue weighted by atomic mass is 35.5. The van der Waals surface area contributed by atoms with Crippen LogP contribution in [0.2, 0.25) is 0 Å². The number of halogens is 1. The van der Waals surface area contributed by atoms with Gasteiger partial charge in [0.25, 0.3) is 0 Å². The Balaban J connectivity index is 1.59. The first-order valence-electron chi connectivity index (χ1n) is 7.57. The van der Waals surface area contributed by atoms with E-state index in [-0.39, 0.29) is 6.10 Å². The highest BCUT2D eigenvalue weighted by molar-refractivity contribution is 6.16. The molecule has 5 nitrogen and oxygen atoms in total. The van der Waals surface area contributed by atoms with Crippen molar-refractivity contribution in [2.45, 2.75) is 37.4 Å². The van der Waals surface area contributed by atoms with Crippen molar-refractivity contribution >= 4 is 22.8 Å². The van der Waals surface area contributed by atoms with Gasteiger partial charge in [-0.1, -0.05) is 0 Å². The molecule has 112 valence electrons. The summed E-state index contributed by atoms with van der Waals surface area (Å²) in [6.45, 7) is 3.83. The number of imidazole rings is 1. The number of morpholine rings is 1. The molecule has 2 fully saturated rings. The summed E-state index contributed by atoms with van der Waals surface area (Å²) in [6.07, 6.45) is 4.57. The lowest BCUT2D eigenvalue weighted by Gasteiger charge is -2.35. The Bertz CT molecular complexity index is 644. The Morgan fingerprint density at radius 3 is 3.29 bits per heavy atom. The van der Waals surface area contributed by atoms with Crippen LogP contribution < -0.4 is 0 Å². The average Bonchev–Trinajstić information content (AvgIpc) is 3.11. The molecule has 2 saturated heterocycles. The van der Waals surface area contributed by atoms with E-state index in [1.807, 2.05) is 12.1 Å². The van der Waals surface area contributed by atoms with E-state index in [1.54, 1.807) is 6.20 Å². The van der Waals surface area contributed by atoms with E-state index in [0.29, 0.717) is 11.9 Å². The monoisotopic (exact) mass is 306 g/mol. The van der Waals surface area contributed by atoms with Crippen LogP contribution in [0.25, 0.3) is 11.2 Å². The molecule has 21 heavy (non-hydrogen) atoms. The van der Waals surface area contributed by atoms with Crippen molar-refractivity contribution in [2.75, 3.05) is 19.7 Å². The van der Waals surface area contributed by atoms with E-state index >= 15 is 0 Å².